The second-order valence-corrected chi connectivity index (χ2v) is 6.22. The molecule has 0 bridgehead atoms. The van der Waals surface area contributed by atoms with Crippen LogP contribution < -0.4 is 10.0 Å². The molecule has 0 saturated heterocycles. The Kier molecular flexibility index (Phi) is 4.35. The van der Waals surface area contributed by atoms with Crippen LogP contribution in [0.4, 0.5) is 0 Å². The van der Waals surface area contributed by atoms with Crippen LogP contribution in [0.1, 0.15) is 12.0 Å². The smallest absolute Gasteiger partial charge is 0.221 e. The maximum absolute atomic E-state index is 11.6. The van der Waals surface area contributed by atoms with Crippen LogP contribution >= 0.6 is 0 Å². The summed E-state index contributed by atoms with van der Waals surface area (Å²) in [6.45, 7) is 0.481. The quantitative estimate of drug-likeness (QED) is 0.778. The van der Waals surface area contributed by atoms with Gasteiger partial charge in [-0.1, -0.05) is 6.07 Å². The summed E-state index contributed by atoms with van der Waals surface area (Å²) in [5.41, 5.74) is 1.89. The average molecular weight is 296 g/mol. The Hall–Kier alpha value is -1.93. The number of hydrogen-bond donors (Lipinski definition) is 2. The number of sulfonamides is 1. The zero-order valence-electron chi connectivity index (χ0n) is 11.0. The van der Waals surface area contributed by atoms with Crippen LogP contribution in [0, 0.1) is 0 Å². The minimum Gasteiger partial charge on any atom is -0.352 e. The van der Waals surface area contributed by atoms with E-state index in [1.807, 2.05) is 24.4 Å². The van der Waals surface area contributed by atoms with Gasteiger partial charge in [0.2, 0.25) is 15.9 Å². The van der Waals surface area contributed by atoms with Crippen LogP contribution in [0.25, 0.3) is 5.52 Å². The molecule has 0 aliphatic heterocycles. The first-order valence-corrected chi connectivity index (χ1v) is 7.97. The van der Waals surface area contributed by atoms with Crippen LogP contribution in [0.5, 0.6) is 0 Å². The number of pyridine rings is 1. The number of carbonyl (C=O) groups excluding carboxylic acids is 1. The molecule has 108 valence electrons. The summed E-state index contributed by atoms with van der Waals surface area (Å²) in [5, 5.41) is 6.86. The highest BCUT2D eigenvalue weighted by Gasteiger charge is 2.06. The lowest BCUT2D eigenvalue weighted by Crippen LogP contribution is -2.29. The Morgan fingerprint density at radius 2 is 2.20 bits per heavy atom. The largest absolute Gasteiger partial charge is 0.352 e. The van der Waals surface area contributed by atoms with E-state index in [1.54, 1.807) is 10.7 Å². The van der Waals surface area contributed by atoms with Crippen molar-refractivity contribution >= 4 is 21.4 Å². The van der Waals surface area contributed by atoms with Gasteiger partial charge in [0, 0.05) is 31.9 Å². The van der Waals surface area contributed by atoms with Gasteiger partial charge in [-0.2, -0.15) is 5.10 Å². The molecule has 2 heterocycles. The van der Waals surface area contributed by atoms with Crippen LogP contribution in [-0.4, -0.2) is 36.7 Å². The molecule has 7 nitrogen and oxygen atoms in total. The van der Waals surface area contributed by atoms with Gasteiger partial charge in [-0.25, -0.2) is 17.7 Å². The molecular weight excluding hydrogens is 280 g/mol. The highest BCUT2D eigenvalue weighted by molar-refractivity contribution is 7.88. The standard InChI is InChI=1S/C12H16N4O3S/c1-20(18,19)15-7-5-12(17)13-9-10-3-2-8-16-11(10)4-6-14-16/h2-4,6,8,15H,5,7,9H2,1H3,(H,13,17). The van der Waals surface area contributed by atoms with E-state index in [9.17, 15) is 13.2 Å². The molecule has 0 spiro atoms. The zero-order valence-corrected chi connectivity index (χ0v) is 11.9. The third-order valence-electron chi connectivity index (χ3n) is 2.72. The lowest BCUT2D eigenvalue weighted by Gasteiger charge is -2.07. The Labute approximate surface area is 117 Å². The molecule has 0 unspecified atom stereocenters. The van der Waals surface area contributed by atoms with Crippen LogP contribution in [-0.2, 0) is 21.4 Å². The third-order valence-corrected chi connectivity index (χ3v) is 3.44. The number of nitrogens with zero attached hydrogens (tertiary/aromatic N) is 2. The molecule has 20 heavy (non-hydrogen) atoms. The molecule has 0 radical (unpaired) electrons. The van der Waals surface area contributed by atoms with E-state index < -0.39 is 10.0 Å². The molecule has 2 rings (SSSR count). The summed E-state index contributed by atoms with van der Waals surface area (Å²) in [6.07, 6.45) is 4.69. The SMILES string of the molecule is CS(=O)(=O)NCCC(=O)NCc1cccn2nccc12. The minimum absolute atomic E-state index is 0.0988. The Morgan fingerprint density at radius 1 is 1.40 bits per heavy atom. The van der Waals surface area contributed by atoms with Gasteiger partial charge in [0.1, 0.15) is 0 Å². The number of aromatic nitrogens is 2. The van der Waals surface area contributed by atoms with Crippen molar-refractivity contribution in [2.24, 2.45) is 0 Å². The van der Waals surface area contributed by atoms with Crippen molar-refractivity contribution in [2.45, 2.75) is 13.0 Å². The first-order valence-electron chi connectivity index (χ1n) is 6.08. The molecule has 0 fully saturated rings. The van der Waals surface area contributed by atoms with Gasteiger partial charge in [-0.05, 0) is 17.7 Å². The van der Waals surface area contributed by atoms with E-state index >= 15 is 0 Å². The lowest BCUT2D eigenvalue weighted by atomic mass is 10.2. The van der Waals surface area contributed by atoms with E-state index in [-0.39, 0.29) is 18.9 Å². The fourth-order valence-corrected chi connectivity index (χ4v) is 2.27. The number of nitrogens with one attached hydrogen (secondary N) is 2. The Morgan fingerprint density at radius 3 is 2.95 bits per heavy atom. The normalized spacial score (nSPS) is 11.7. The first-order chi connectivity index (χ1) is 9.46. The summed E-state index contributed by atoms with van der Waals surface area (Å²) < 4.78 is 25.7. The maximum atomic E-state index is 11.6. The van der Waals surface area contributed by atoms with Crippen LogP contribution in [0.2, 0.25) is 0 Å². The van der Waals surface area contributed by atoms with Crippen molar-refractivity contribution in [3.63, 3.8) is 0 Å². The molecule has 8 heteroatoms. The first kappa shape index (κ1) is 14.5. The summed E-state index contributed by atoms with van der Waals surface area (Å²) in [7, 11) is -3.25. The van der Waals surface area contributed by atoms with Crippen LogP contribution in [0.3, 0.4) is 0 Å². The van der Waals surface area contributed by atoms with Crippen molar-refractivity contribution in [3.05, 3.63) is 36.2 Å². The second kappa shape index (κ2) is 6.02. The molecule has 0 saturated carbocycles. The van der Waals surface area contributed by atoms with Crippen molar-refractivity contribution in [3.8, 4) is 0 Å². The van der Waals surface area contributed by atoms with Gasteiger partial charge in [0.15, 0.2) is 0 Å². The summed E-state index contributed by atoms with van der Waals surface area (Å²) in [5.74, 6) is -0.206. The highest BCUT2D eigenvalue weighted by atomic mass is 32.2. The number of fused-ring (bicyclic) bond motifs is 1. The number of rotatable bonds is 6. The van der Waals surface area contributed by atoms with Gasteiger partial charge >= 0.3 is 0 Å². The predicted octanol–water partition coefficient (Wildman–Crippen LogP) is -0.110. The lowest BCUT2D eigenvalue weighted by molar-refractivity contribution is -0.121. The van der Waals surface area contributed by atoms with E-state index in [4.69, 9.17) is 0 Å². The molecule has 2 aromatic rings. The molecule has 2 aromatic heterocycles. The van der Waals surface area contributed by atoms with E-state index in [0.29, 0.717) is 6.54 Å². The van der Waals surface area contributed by atoms with Gasteiger partial charge < -0.3 is 5.32 Å². The summed E-state index contributed by atoms with van der Waals surface area (Å²) >= 11 is 0. The van der Waals surface area contributed by atoms with Crippen molar-refractivity contribution < 1.29 is 13.2 Å². The molecule has 0 aliphatic carbocycles. The van der Waals surface area contributed by atoms with E-state index in [0.717, 1.165) is 17.3 Å². The topological polar surface area (TPSA) is 92.6 Å². The minimum atomic E-state index is -3.25. The Bertz CT molecular complexity index is 708. The van der Waals surface area contributed by atoms with Gasteiger partial charge in [0.25, 0.3) is 0 Å². The zero-order chi connectivity index (χ0) is 14.6. The highest BCUT2D eigenvalue weighted by Crippen LogP contribution is 2.09. The number of carbonyl (C=O) groups is 1. The molecule has 2 N–H and O–H groups in total. The third kappa shape index (κ3) is 4.04. The number of amides is 1. The van der Waals surface area contributed by atoms with Gasteiger partial charge in [0.05, 0.1) is 11.8 Å². The molecule has 0 atom stereocenters. The fraction of sp³-hybridized carbons (Fsp3) is 0.333. The van der Waals surface area contributed by atoms with Crippen LogP contribution in [0.15, 0.2) is 30.6 Å². The van der Waals surface area contributed by atoms with Crippen molar-refractivity contribution in [1.82, 2.24) is 19.7 Å². The van der Waals surface area contributed by atoms with Crippen molar-refractivity contribution in [1.29, 1.82) is 0 Å². The maximum Gasteiger partial charge on any atom is 0.221 e. The van der Waals surface area contributed by atoms with E-state index in [2.05, 4.69) is 15.1 Å². The molecule has 1 amide bonds. The number of hydrogen-bond acceptors (Lipinski definition) is 4. The average Bonchev–Trinajstić information content (AvgIpc) is 2.83. The van der Waals surface area contributed by atoms with Gasteiger partial charge in [-0.15, -0.1) is 0 Å². The predicted molar refractivity (Wildman–Crippen MR) is 74.5 cm³/mol. The molecular formula is C12H16N4O3S. The fourth-order valence-electron chi connectivity index (χ4n) is 1.80. The molecule has 0 aromatic carbocycles. The molecule has 0 aliphatic rings. The monoisotopic (exact) mass is 296 g/mol. The van der Waals surface area contributed by atoms with Gasteiger partial charge in [-0.3, -0.25) is 4.79 Å². The van der Waals surface area contributed by atoms with Crippen molar-refractivity contribution in [2.75, 3.05) is 12.8 Å². The Balaban J connectivity index is 1.86. The summed E-state index contributed by atoms with van der Waals surface area (Å²) in [4.78, 5) is 11.6. The van der Waals surface area contributed by atoms with E-state index in [1.165, 1.54) is 0 Å². The second-order valence-electron chi connectivity index (χ2n) is 4.39. The summed E-state index contributed by atoms with van der Waals surface area (Å²) in [6, 6.07) is 5.63.